The van der Waals surface area contributed by atoms with Crippen LogP contribution in [-0.2, 0) is 0 Å². The van der Waals surface area contributed by atoms with Crippen molar-refractivity contribution < 1.29 is 17.8 Å². The maximum atomic E-state index is 13.6. The Labute approximate surface area is 110 Å². The minimum Gasteiger partial charge on any atom is -0.397 e. The number of nitrogens with zero attached hydrogens (tertiary/aromatic N) is 2. The molecule has 0 aliphatic carbocycles. The van der Waals surface area contributed by atoms with Gasteiger partial charge in [-0.15, -0.1) is 0 Å². The van der Waals surface area contributed by atoms with E-state index >= 15 is 0 Å². The lowest BCUT2D eigenvalue weighted by molar-refractivity contribution is 0.316. The Morgan fingerprint density at radius 1 is 1.00 bits per heavy atom. The molecule has 5 nitrogen and oxygen atoms in total. The molecule has 3 N–H and O–H groups in total. The van der Waals surface area contributed by atoms with Crippen LogP contribution < -0.4 is 11.1 Å². The van der Waals surface area contributed by atoms with Crippen molar-refractivity contribution in [1.29, 1.82) is 0 Å². The van der Waals surface area contributed by atoms with Crippen LogP contribution >= 0.6 is 0 Å². The molecule has 3 aromatic rings. The largest absolute Gasteiger partial charge is 0.397 e. The molecule has 20 heavy (non-hydrogen) atoms. The third-order valence-electron chi connectivity index (χ3n) is 2.71. The predicted molar refractivity (Wildman–Crippen MR) is 65.8 cm³/mol. The number of rotatable bonds is 2. The van der Waals surface area contributed by atoms with Gasteiger partial charge in [-0.25, -0.2) is 17.8 Å². The van der Waals surface area contributed by atoms with Crippen molar-refractivity contribution in [3.05, 3.63) is 41.7 Å². The smallest absolute Gasteiger partial charge is 0.160 e. The molecule has 3 rings (SSSR count). The van der Waals surface area contributed by atoms with Crippen molar-refractivity contribution in [2.75, 3.05) is 11.1 Å². The van der Waals surface area contributed by atoms with E-state index in [0.29, 0.717) is 17.8 Å². The molecule has 0 spiro atoms. The fourth-order valence-electron chi connectivity index (χ4n) is 1.78. The zero-order chi connectivity index (χ0) is 14.3. The van der Waals surface area contributed by atoms with Crippen LogP contribution in [-0.4, -0.2) is 10.3 Å². The fourth-order valence-corrected chi connectivity index (χ4v) is 1.78. The van der Waals surface area contributed by atoms with Crippen LogP contribution in [0.15, 0.2) is 28.9 Å². The Morgan fingerprint density at radius 3 is 2.35 bits per heavy atom. The third-order valence-corrected chi connectivity index (χ3v) is 2.71. The molecule has 0 unspecified atom stereocenters. The highest BCUT2D eigenvalue weighted by Gasteiger charge is 2.15. The van der Waals surface area contributed by atoms with E-state index in [0.717, 1.165) is 0 Å². The lowest BCUT2D eigenvalue weighted by Gasteiger charge is -2.09. The number of hydrogen-bond donors (Lipinski definition) is 2. The Bertz CT molecular complexity index is 779. The van der Waals surface area contributed by atoms with Gasteiger partial charge in [0.15, 0.2) is 22.7 Å². The second-order valence-electron chi connectivity index (χ2n) is 4.03. The quantitative estimate of drug-likeness (QED) is 0.706. The van der Waals surface area contributed by atoms with Gasteiger partial charge in [0.2, 0.25) is 0 Å². The fraction of sp³-hybridized carbons (Fsp3) is 0. The summed E-state index contributed by atoms with van der Waals surface area (Å²) in [5.74, 6) is -3.14. The van der Waals surface area contributed by atoms with Crippen molar-refractivity contribution in [2.24, 2.45) is 0 Å². The summed E-state index contributed by atoms with van der Waals surface area (Å²) in [6.45, 7) is 0. The van der Waals surface area contributed by atoms with Crippen LogP contribution in [0.4, 0.5) is 30.2 Å². The molecule has 8 heteroatoms. The topological polar surface area (TPSA) is 77.0 Å². The molecule has 0 saturated carbocycles. The van der Waals surface area contributed by atoms with E-state index in [2.05, 4.69) is 20.3 Å². The maximum Gasteiger partial charge on any atom is 0.160 e. The minimum absolute atomic E-state index is 0.216. The first kappa shape index (κ1) is 12.3. The van der Waals surface area contributed by atoms with Gasteiger partial charge in [-0.1, -0.05) is 0 Å². The van der Waals surface area contributed by atoms with Gasteiger partial charge in [0.25, 0.3) is 0 Å². The molecule has 102 valence electrons. The van der Waals surface area contributed by atoms with E-state index in [-0.39, 0.29) is 16.7 Å². The molecule has 0 radical (unpaired) electrons. The molecule has 1 aromatic heterocycles. The van der Waals surface area contributed by atoms with Gasteiger partial charge in [0.05, 0.1) is 11.4 Å². The Hall–Kier alpha value is -2.77. The minimum atomic E-state index is -1.07. The van der Waals surface area contributed by atoms with Gasteiger partial charge in [0, 0.05) is 12.1 Å². The lowest BCUT2D eigenvalue weighted by atomic mass is 10.2. The van der Waals surface area contributed by atoms with E-state index < -0.39 is 23.1 Å². The van der Waals surface area contributed by atoms with Gasteiger partial charge >= 0.3 is 0 Å². The molecule has 2 aromatic carbocycles. The molecule has 0 saturated heterocycles. The van der Waals surface area contributed by atoms with E-state index in [9.17, 15) is 13.2 Å². The van der Waals surface area contributed by atoms with E-state index in [4.69, 9.17) is 5.73 Å². The van der Waals surface area contributed by atoms with E-state index in [1.807, 2.05) is 0 Å². The molecule has 0 aliphatic heterocycles. The molecule has 0 aliphatic rings. The van der Waals surface area contributed by atoms with Crippen LogP contribution in [0.3, 0.4) is 0 Å². The highest BCUT2D eigenvalue weighted by Crippen LogP contribution is 2.30. The van der Waals surface area contributed by atoms with Crippen LogP contribution in [0.5, 0.6) is 0 Å². The number of nitrogens with two attached hydrogens (primary N) is 1. The average Bonchev–Trinajstić information content (AvgIpc) is 2.86. The van der Waals surface area contributed by atoms with Crippen LogP contribution in [0.2, 0.25) is 0 Å². The number of halogens is 3. The van der Waals surface area contributed by atoms with Gasteiger partial charge in [0.1, 0.15) is 11.5 Å². The zero-order valence-corrected chi connectivity index (χ0v) is 9.82. The molecule has 0 bridgehead atoms. The number of aromatic nitrogens is 2. The van der Waals surface area contributed by atoms with Crippen molar-refractivity contribution in [3.8, 4) is 0 Å². The Morgan fingerprint density at radius 2 is 1.65 bits per heavy atom. The summed E-state index contributed by atoms with van der Waals surface area (Å²) in [6, 6.07) is 4.08. The van der Waals surface area contributed by atoms with Gasteiger partial charge in [-0.2, -0.15) is 0 Å². The number of anilines is 3. The SMILES string of the molecule is Nc1ccc(Nc2c(F)cc(F)cc2F)c2nonc12. The summed E-state index contributed by atoms with van der Waals surface area (Å²) >= 11 is 0. The standard InChI is InChI=1S/C12H7F3N4O/c13-5-3-6(14)10(7(15)4-5)17-9-2-1-8(16)11-12(9)19-20-18-11/h1-4,17H,16H2. The van der Waals surface area contributed by atoms with Crippen LogP contribution in [0, 0.1) is 17.5 Å². The molecular weight excluding hydrogens is 273 g/mol. The summed E-state index contributed by atoms with van der Waals surface area (Å²) in [6.07, 6.45) is 0. The van der Waals surface area contributed by atoms with E-state index in [1.54, 1.807) is 0 Å². The van der Waals surface area contributed by atoms with Gasteiger partial charge in [-0.05, 0) is 22.4 Å². The second kappa shape index (κ2) is 4.41. The molecular formula is C12H7F3N4O. The normalized spacial score (nSPS) is 10.9. The predicted octanol–water partition coefficient (Wildman–Crippen LogP) is 2.97. The average molecular weight is 280 g/mol. The zero-order valence-electron chi connectivity index (χ0n) is 9.82. The summed E-state index contributed by atoms with van der Waals surface area (Å²) in [5, 5.41) is 9.68. The first-order valence-corrected chi connectivity index (χ1v) is 5.48. The second-order valence-corrected chi connectivity index (χ2v) is 4.03. The third kappa shape index (κ3) is 1.91. The molecule has 0 atom stereocenters. The molecule has 0 fully saturated rings. The molecule has 1 heterocycles. The van der Waals surface area contributed by atoms with Crippen molar-refractivity contribution in [3.63, 3.8) is 0 Å². The Balaban J connectivity index is 2.11. The van der Waals surface area contributed by atoms with Crippen molar-refractivity contribution in [1.82, 2.24) is 10.3 Å². The lowest BCUT2D eigenvalue weighted by Crippen LogP contribution is -2.00. The summed E-state index contributed by atoms with van der Waals surface area (Å²) in [5.41, 5.74) is 6.18. The number of hydrogen-bond acceptors (Lipinski definition) is 5. The summed E-state index contributed by atoms with van der Waals surface area (Å²) in [7, 11) is 0. The highest BCUT2D eigenvalue weighted by molar-refractivity contribution is 5.96. The first-order chi connectivity index (χ1) is 9.56. The summed E-state index contributed by atoms with van der Waals surface area (Å²) < 4.78 is 44.5. The summed E-state index contributed by atoms with van der Waals surface area (Å²) in [4.78, 5) is 0. The monoisotopic (exact) mass is 280 g/mol. The van der Waals surface area contributed by atoms with Gasteiger partial charge < -0.3 is 11.1 Å². The highest BCUT2D eigenvalue weighted by atomic mass is 19.1. The van der Waals surface area contributed by atoms with Crippen LogP contribution in [0.25, 0.3) is 11.0 Å². The first-order valence-electron chi connectivity index (χ1n) is 5.48. The number of nitrogen functional groups attached to an aromatic ring is 1. The molecule has 0 amide bonds. The van der Waals surface area contributed by atoms with Crippen molar-refractivity contribution in [2.45, 2.75) is 0 Å². The van der Waals surface area contributed by atoms with E-state index in [1.165, 1.54) is 12.1 Å². The number of benzene rings is 2. The maximum absolute atomic E-state index is 13.6. The van der Waals surface area contributed by atoms with Crippen LogP contribution in [0.1, 0.15) is 0 Å². The number of fused-ring (bicyclic) bond motifs is 1. The Kier molecular flexibility index (Phi) is 2.70. The number of nitrogens with one attached hydrogen (secondary N) is 1. The van der Waals surface area contributed by atoms with Gasteiger partial charge in [-0.3, -0.25) is 0 Å². The van der Waals surface area contributed by atoms with Crippen molar-refractivity contribution >= 4 is 28.1 Å².